The highest BCUT2D eigenvalue weighted by atomic mass is 127. The van der Waals surface area contributed by atoms with Crippen molar-refractivity contribution in [2.75, 3.05) is 0 Å². The van der Waals surface area contributed by atoms with Gasteiger partial charge in [0.05, 0.1) is 17.5 Å². The van der Waals surface area contributed by atoms with Gasteiger partial charge in [0, 0.05) is 27.2 Å². The fraction of sp³-hybridized carbons (Fsp3) is 0.333. The third kappa shape index (κ3) is 3.43. The number of carboxylic acids is 1. The lowest BCUT2D eigenvalue weighted by Gasteiger charge is -2.44. The number of halogens is 2. The third-order valence-electron chi connectivity index (χ3n) is 6.94. The van der Waals surface area contributed by atoms with Crippen LogP contribution in [0.5, 0.6) is 0 Å². The summed E-state index contributed by atoms with van der Waals surface area (Å²) in [5, 5.41) is 12.7. The summed E-state index contributed by atoms with van der Waals surface area (Å²) < 4.78 is 17.5. The molecule has 1 unspecified atom stereocenters. The van der Waals surface area contributed by atoms with E-state index in [0.29, 0.717) is 29.4 Å². The van der Waals surface area contributed by atoms with Gasteiger partial charge in [-0.25, -0.2) is 4.39 Å². The smallest absolute Gasteiger partial charge is 0.303 e. The van der Waals surface area contributed by atoms with E-state index in [1.807, 2.05) is 42.0 Å². The molecule has 1 heterocycles. The van der Waals surface area contributed by atoms with Gasteiger partial charge in [0.2, 0.25) is 0 Å². The number of rotatable bonds is 6. The number of nitrogens with one attached hydrogen (secondary N) is 1. The molecule has 7 heteroatoms. The summed E-state index contributed by atoms with van der Waals surface area (Å²) in [6.07, 6.45) is 3.40. The van der Waals surface area contributed by atoms with E-state index in [-0.39, 0.29) is 35.0 Å². The lowest BCUT2D eigenvalue weighted by molar-refractivity contribution is -0.141. The van der Waals surface area contributed by atoms with Crippen molar-refractivity contribution in [3.05, 3.63) is 69.2 Å². The van der Waals surface area contributed by atoms with Gasteiger partial charge in [-0.15, -0.1) is 0 Å². The van der Waals surface area contributed by atoms with Gasteiger partial charge >= 0.3 is 5.97 Å². The topological polar surface area (TPSA) is 71.3 Å². The first-order valence-corrected chi connectivity index (χ1v) is 11.3. The van der Waals surface area contributed by atoms with Gasteiger partial charge in [-0.2, -0.15) is 0 Å². The van der Waals surface area contributed by atoms with Gasteiger partial charge in [0.25, 0.3) is 5.91 Å². The number of hydrogen-bond donors (Lipinski definition) is 2. The number of benzene rings is 2. The van der Waals surface area contributed by atoms with Gasteiger partial charge in [-0.1, -0.05) is 19.1 Å². The summed E-state index contributed by atoms with van der Waals surface area (Å²) in [4.78, 5) is 24.4. The van der Waals surface area contributed by atoms with Gasteiger partial charge in [-0.3, -0.25) is 9.59 Å². The first-order chi connectivity index (χ1) is 14.7. The van der Waals surface area contributed by atoms with Crippen LogP contribution in [0.15, 0.2) is 48.7 Å². The number of aliphatic carboxylic acids is 1. The molecule has 0 bridgehead atoms. The molecular weight excluding hydrogens is 510 g/mol. The van der Waals surface area contributed by atoms with Gasteiger partial charge in [0.1, 0.15) is 5.82 Å². The number of amides is 1. The van der Waals surface area contributed by atoms with E-state index in [0.717, 1.165) is 15.6 Å². The minimum Gasteiger partial charge on any atom is -0.481 e. The predicted octanol–water partition coefficient (Wildman–Crippen LogP) is 4.81. The van der Waals surface area contributed by atoms with Crippen LogP contribution in [0.3, 0.4) is 0 Å². The number of hydrogen-bond acceptors (Lipinski definition) is 2. The highest BCUT2D eigenvalue weighted by molar-refractivity contribution is 14.1. The van der Waals surface area contributed by atoms with Gasteiger partial charge in [-0.05, 0) is 82.7 Å². The zero-order chi connectivity index (χ0) is 22.0. The van der Waals surface area contributed by atoms with Crippen LogP contribution < -0.4 is 5.32 Å². The first-order valence-electron chi connectivity index (χ1n) is 10.3. The molecule has 1 aromatic heterocycles. The summed E-state index contributed by atoms with van der Waals surface area (Å²) in [6, 6.07) is 12.7. The Balaban J connectivity index is 1.42. The maximum atomic E-state index is 14.5. The molecule has 3 aromatic rings. The lowest BCUT2D eigenvalue weighted by Crippen LogP contribution is -2.52. The molecule has 1 amide bonds. The lowest BCUT2D eigenvalue weighted by atomic mass is 9.65. The average Bonchev–Trinajstić information content (AvgIpc) is 3.11. The molecule has 2 fully saturated rings. The Hall–Kier alpha value is -2.42. The Labute approximate surface area is 192 Å². The standard InChI is InChI=1S/C24H22FIN2O3/c1-23(11-20(29)30)13-24(10-19(23)24)27-22(31)17-6-7-18(25)16-8-9-28(21(16)17)12-14-2-4-15(26)5-3-14/h2-9,19H,10-13H2,1H3,(H,27,31)(H,29,30)/t19-,23-,24?/m1/s1. The quantitative estimate of drug-likeness (QED) is 0.448. The van der Waals surface area contributed by atoms with E-state index >= 15 is 0 Å². The van der Waals surface area contributed by atoms with E-state index in [1.165, 1.54) is 6.07 Å². The Morgan fingerprint density at radius 1 is 1.23 bits per heavy atom. The second-order valence-corrected chi connectivity index (χ2v) is 10.4. The Bertz CT molecular complexity index is 1220. The van der Waals surface area contributed by atoms with Crippen LogP contribution in [0.2, 0.25) is 0 Å². The van der Waals surface area contributed by atoms with E-state index < -0.39 is 5.97 Å². The van der Waals surface area contributed by atoms with Crippen LogP contribution in [0.25, 0.3) is 10.9 Å². The fourth-order valence-electron chi connectivity index (χ4n) is 5.53. The summed E-state index contributed by atoms with van der Waals surface area (Å²) in [5.74, 6) is -1.20. The molecule has 0 radical (unpaired) electrons. The van der Waals surface area contributed by atoms with Crippen LogP contribution in [0.4, 0.5) is 4.39 Å². The molecule has 0 saturated heterocycles. The SMILES string of the molecule is C[C@@]1(CC(=O)O)CC2(NC(=O)c3ccc(F)c4ccn(Cc5ccc(I)cc5)c34)C[C@@H]21. The van der Waals surface area contributed by atoms with Gasteiger partial charge in [0.15, 0.2) is 0 Å². The molecule has 160 valence electrons. The van der Waals surface area contributed by atoms with E-state index in [4.69, 9.17) is 5.11 Å². The largest absolute Gasteiger partial charge is 0.481 e. The van der Waals surface area contributed by atoms with Crippen molar-refractivity contribution in [1.82, 2.24) is 9.88 Å². The first kappa shape index (κ1) is 20.5. The molecule has 2 aliphatic carbocycles. The second-order valence-electron chi connectivity index (χ2n) is 9.20. The molecule has 5 rings (SSSR count). The molecule has 2 saturated carbocycles. The van der Waals surface area contributed by atoms with E-state index in [1.54, 1.807) is 12.1 Å². The normalized spacial score (nSPS) is 26.2. The molecule has 5 nitrogen and oxygen atoms in total. The molecular formula is C24H22FIN2O3. The second kappa shape index (κ2) is 7.05. The molecule has 2 aliphatic rings. The van der Waals surface area contributed by atoms with Crippen molar-refractivity contribution in [2.24, 2.45) is 11.3 Å². The predicted molar refractivity (Wildman–Crippen MR) is 123 cm³/mol. The number of fused-ring (bicyclic) bond motifs is 2. The highest BCUT2D eigenvalue weighted by Gasteiger charge is 2.73. The highest BCUT2D eigenvalue weighted by Crippen LogP contribution is 2.71. The fourth-order valence-corrected chi connectivity index (χ4v) is 5.89. The van der Waals surface area contributed by atoms with E-state index in [9.17, 15) is 14.0 Å². The van der Waals surface area contributed by atoms with Crippen LogP contribution in [0, 0.1) is 20.7 Å². The third-order valence-corrected chi connectivity index (χ3v) is 7.66. The zero-order valence-electron chi connectivity index (χ0n) is 17.0. The summed E-state index contributed by atoms with van der Waals surface area (Å²) in [7, 11) is 0. The van der Waals surface area contributed by atoms with Crippen molar-refractivity contribution in [3.8, 4) is 0 Å². The molecule has 0 aliphatic heterocycles. The maximum absolute atomic E-state index is 14.5. The number of carboxylic acid groups (broad SMARTS) is 1. The van der Waals surface area contributed by atoms with Crippen LogP contribution in [-0.2, 0) is 11.3 Å². The van der Waals surface area contributed by atoms with Crippen LogP contribution in [0.1, 0.15) is 42.1 Å². The number of carbonyl (C=O) groups excluding carboxylic acids is 1. The van der Waals surface area contributed by atoms with Crippen molar-refractivity contribution in [2.45, 2.75) is 38.3 Å². The van der Waals surface area contributed by atoms with Crippen LogP contribution >= 0.6 is 22.6 Å². The van der Waals surface area contributed by atoms with Crippen molar-refractivity contribution >= 4 is 45.4 Å². The maximum Gasteiger partial charge on any atom is 0.303 e. The minimum atomic E-state index is -0.803. The van der Waals surface area contributed by atoms with Crippen molar-refractivity contribution in [3.63, 3.8) is 0 Å². The number of carbonyl (C=O) groups is 2. The van der Waals surface area contributed by atoms with Crippen molar-refractivity contribution < 1.29 is 19.1 Å². The van der Waals surface area contributed by atoms with Gasteiger partial charge < -0.3 is 15.0 Å². The zero-order valence-corrected chi connectivity index (χ0v) is 19.1. The minimum absolute atomic E-state index is 0.120. The van der Waals surface area contributed by atoms with Crippen LogP contribution in [-0.4, -0.2) is 27.1 Å². The molecule has 31 heavy (non-hydrogen) atoms. The Morgan fingerprint density at radius 2 is 1.97 bits per heavy atom. The molecule has 2 aromatic carbocycles. The summed E-state index contributed by atoms with van der Waals surface area (Å²) >= 11 is 2.25. The molecule has 2 N–H and O–H groups in total. The number of nitrogens with zero attached hydrogens (tertiary/aromatic N) is 1. The Morgan fingerprint density at radius 3 is 2.65 bits per heavy atom. The monoisotopic (exact) mass is 532 g/mol. The molecule has 0 spiro atoms. The molecule has 3 atom stereocenters. The Kier molecular flexibility index (Phi) is 4.66. The van der Waals surface area contributed by atoms with Crippen molar-refractivity contribution in [1.29, 1.82) is 0 Å². The summed E-state index contributed by atoms with van der Waals surface area (Å²) in [5.41, 5.74) is 1.52. The van der Waals surface area contributed by atoms with E-state index in [2.05, 4.69) is 27.9 Å². The number of aromatic nitrogens is 1. The summed E-state index contributed by atoms with van der Waals surface area (Å²) in [6.45, 7) is 2.51. The average molecular weight is 532 g/mol.